The lowest BCUT2D eigenvalue weighted by molar-refractivity contribution is -0.531. The van der Waals surface area contributed by atoms with Crippen LogP contribution in [0.25, 0.3) is 0 Å². The lowest BCUT2D eigenvalue weighted by Crippen LogP contribution is -2.50. The first-order valence-electron chi connectivity index (χ1n) is 11.7. The summed E-state index contributed by atoms with van der Waals surface area (Å²) in [5.74, 6) is -3.69. The SMILES string of the molecule is CC[C@H](c1ccccc1C(F)(F)F)[C@H]([C@H](c1ccccc1)N(C(=O)C(F)(F)F)c1ccc(OC)cc1)[N+](=O)[O-]. The smallest absolute Gasteiger partial charge is 0.471 e. The van der Waals surface area contributed by atoms with E-state index in [2.05, 4.69) is 0 Å². The second kappa shape index (κ2) is 11.7. The van der Waals surface area contributed by atoms with Crippen LogP contribution in [-0.2, 0) is 11.0 Å². The van der Waals surface area contributed by atoms with Crippen LogP contribution in [0, 0.1) is 10.1 Å². The van der Waals surface area contributed by atoms with Gasteiger partial charge in [0.1, 0.15) is 11.8 Å². The lowest BCUT2D eigenvalue weighted by Gasteiger charge is -2.37. The molecule has 0 N–H and O–H groups in total. The standard InChI is InChI=1S/C27H24F6N2O4/c1-3-20(21-11-7-8-12-22(21)26(28,29)30)24(35(37)38)23(17-9-5-4-6-10-17)34(25(36)27(31,32)33)18-13-15-19(39-2)16-14-18/h4-16,20,23-24H,3H2,1-2H3/t20-,23+,24-/m1/s1. The topological polar surface area (TPSA) is 72.7 Å². The minimum Gasteiger partial charge on any atom is -0.497 e. The van der Waals surface area contributed by atoms with Gasteiger partial charge in [-0.3, -0.25) is 19.8 Å². The number of nitro groups is 1. The first kappa shape index (κ1) is 29.5. The van der Waals surface area contributed by atoms with E-state index in [1.165, 1.54) is 62.6 Å². The van der Waals surface area contributed by atoms with Gasteiger partial charge in [-0.2, -0.15) is 26.3 Å². The fourth-order valence-electron chi connectivity index (χ4n) is 4.64. The Balaban J connectivity index is 2.35. The molecule has 0 aromatic heterocycles. The zero-order valence-electron chi connectivity index (χ0n) is 20.7. The van der Waals surface area contributed by atoms with Gasteiger partial charge in [-0.15, -0.1) is 0 Å². The molecule has 3 aromatic carbocycles. The van der Waals surface area contributed by atoms with Crippen molar-refractivity contribution in [2.45, 2.75) is 43.7 Å². The summed E-state index contributed by atoms with van der Waals surface area (Å²) in [5.41, 5.74) is -2.01. The maximum absolute atomic E-state index is 14.0. The molecule has 0 bridgehead atoms. The Labute approximate surface area is 220 Å². The maximum atomic E-state index is 14.0. The van der Waals surface area contributed by atoms with Crippen molar-refractivity contribution in [2.75, 3.05) is 12.0 Å². The number of anilines is 1. The summed E-state index contributed by atoms with van der Waals surface area (Å²) in [6, 6.07) is 11.9. The van der Waals surface area contributed by atoms with E-state index in [0.29, 0.717) is 0 Å². The molecule has 3 rings (SSSR count). The van der Waals surface area contributed by atoms with Gasteiger partial charge in [0.05, 0.1) is 18.6 Å². The average molecular weight is 554 g/mol. The molecule has 0 spiro atoms. The molecule has 0 aliphatic rings. The Morgan fingerprint density at radius 2 is 1.49 bits per heavy atom. The zero-order chi connectivity index (χ0) is 29.0. The molecule has 6 nitrogen and oxygen atoms in total. The van der Waals surface area contributed by atoms with Crippen molar-refractivity contribution in [1.29, 1.82) is 0 Å². The molecule has 0 fully saturated rings. The van der Waals surface area contributed by atoms with Crippen LogP contribution in [0.2, 0.25) is 0 Å². The van der Waals surface area contributed by atoms with Gasteiger partial charge in [0.25, 0.3) is 0 Å². The Hall–Kier alpha value is -4.09. The van der Waals surface area contributed by atoms with Crippen LogP contribution in [-0.4, -0.2) is 30.2 Å². The van der Waals surface area contributed by atoms with E-state index in [1.807, 2.05) is 0 Å². The number of hydrogen-bond donors (Lipinski definition) is 0. The van der Waals surface area contributed by atoms with Gasteiger partial charge in [-0.05, 0) is 47.9 Å². The van der Waals surface area contributed by atoms with E-state index >= 15 is 0 Å². The number of halogens is 6. The monoisotopic (exact) mass is 554 g/mol. The van der Waals surface area contributed by atoms with Crippen molar-refractivity contribution in [3.05, 3.63) is 106 Å². The molecule has 208 valence electrons. The number of carbonyl (C=O) groups excluding carboxylic acids is 1. The van der Waals surface area contributed by atoms with Crippen LogP contribution in [0.4, 0.5) is 32.0 Å². The molecule has 3 aromatic rings. The second-order valence-electron chi connectivity index (χ2n) is 8.60. The third kappa shape index (κ3) is 6.50. The van der Waals surface area contributed by atoms with Crippen molar-refractivity contribution in [3.63, 3.8) is 0 Å². The minimum atomic E-state index is -5.46. The molecule has 0 heterocycles. The molecule has 0 unspecified atom stereocenters. The molecule has 3 atom stereocenters. The van der Waals surface area contributed by atoms with Gasteiger partial charge in [-0.25, -0.2) is 0 Å². The van der Waals surface area contributed by atoms with Crippen molar-refractivity contribution in [1.82, 2.24) is 0 Å². The summed E-state index contributed by atoms with van der Waals surface area (Å²) in [4.78, 5) is 24.9. The molecule has 39 heavy (non-hydrogen) atoms. The lowest BCUT2D eigenvalue weighted by atomic mass is 9.80. The van der Waals surface area contributed by atoms with Crippen LogP contribution >= 0.6 is 0 Å². The number of methoxy groups -OCH3 is 1. The predicted octanol–water partition coefficient (Wildman–Crippen LogP) is 7.19. The maximum Gasteiger partial charge on any atom is 0.471 e. The highest BCUT2D eigenvalue weighted by molar-refractivity contribution is 5.98. The number of carbonyl (C=O) groups is 1. The van der Waals surface area contributed by atoms with Crippen LogP contribution in [0.3, 0.4) is 0 Å². The van der Waals surface area contributed by atoms with Crippen molar-refractivity contribution in [2.24, 2.45) is 0 Å². The Bertz CT molecular complexity index is 1280. The number of ether oxygens (including phenoxy) is 1. The van der Waals surface area contributed by atoms with Crippen molar-refractivity contribution in [3.8, 4) is 5.75 Å². The Morgan fingerprint density at radius 1 is 0.923 bits per heavy atom. The van der Waals surface area contributed by atoms with Gasteiger partial charge in [-0.1, -0.05) is 55.5 Å². The largest absolute Gasteiger partial charge is 0.497 e. The zero-order valence-corrected chi connectivity index (χ0v) is 20.7. The Kier molecular flexibility index (Phi) is 8.88. The van der Waals surface area contributed by atoms with E-state index in [4.69, 9.17) is 4.74 Å². The van der Waals surface area contributed by atoms with E-state index in [9.17, 15) is 41.3 Å². The summed E-state index contributed by atoms with van der Waals surface area (Å²) in [6.45, 7) is 1.40. The van der Waals surface area contributed by atoms with Crippen LogP contribution in [0.15, 0.2) is 78.9 Å². The summed E-state index contributed by atoms with van der Waals surface area (Å²) in [7, 11) is 1.31. The summed E-state index contributed by atoms with van der Waals surface area (Å²) >= 11 is 0. The highest BCUT2D eigenvalue weighted by Gasteiger charge is 2.52. The average Bonchev–Trinajstić information content (AvgIpc) is 2.90. The van der Waals surface area contributed by atoms with Crippen LogP contribution < -0.4 is 9.64 Å². The number of benzene rings is 3. The quantitative estimate of drug-likeness (QED) is 0.159. The predicted molar refractivity (Wildman–Crippen MR) is 131 cm³/mol. The first-order valence-corrected chi connectivity index (χ1v) is 11.7. The van der Waals surface area contributed by atoms with E-state index in [0.717, 1.165) is 30.3 Å². The Morgan fingerprint density at radius 3 is 1.97 bits per heavy atom. The van der Waals surface area contributed by atoms with E-state index in [1.54, 1.807) is 0 Å². The fraction of sp³-hybridized carbons (Fsp3) is 0.296. The number of nitrogens with zero attached hydrogens (tertiary/aromatic N) is 2. The molecule has 12 heteroatoms. The third-order valence-electron chi connectivity index (χ3n) is 6.32. The van der Waals surface area contributed by atoms with Crippen molar-refractivity contribution >= 4 is 11.6 Å². The molecule has 0 aliphatic carbocycles. The molecule has 0 radical (unpaired) electrons. The molecular weight excluding hydrogens is 530 g/mol. The molecular formula is C27H24F6N2O4. The number of rotatable bonds is 9. The molecule has 0 saturated carbocycles. The first-order chi connectivity index (χ1) is 18.3. The summed E-state index contributed by atoms with van der Waals surface area (Å²) in [5, 5.41) is 12.6. The van der Waals surface area contributed by atoms with Gasteiger partial charge >= 0.3 is 18.3 Å². The molecule has 1 amide bonds. The minimum absolute atomic E-state index is 0.0597. The van der Waals surface area contributed by atoms with Crippen LogP contribution in [0.5, 0.6) is 5.75 Å². The fourth-order valence-corrected chi connectivity index (χ4v) is 4.64. The molecule has 0 aliphatic heterocycles. The molecule has 0 saturated heterocycles. The van der Waals surface area contributed by atoms with E-state index < -0.39 is 52.3 Å². The highest BCUT2D eigenvalue weighted by Crippen LogP contribution is 2.44. The second-order valence-corrected chi connectivity index (χ2v) is 8.60. The van der Waals surface area contributed by atoms with E-state index in [-0.39, 0.29) is 28.3 Å². The number of amides is 1. The summed E-state index contributed by atoms with van der Waals surface area (Å²) in [6.07, 6.45) is -10.6. The van der Waals surface area contributed by atoms with Gasteiger partial charge in [0.15, 0.2) is 0 Å². The van der Waals surface area contributed by atoms with Crippen molar-refractivity contribution < 1.29 is 40.8 Å². The summed E-state index contributed by atoms with van der Waals surface area (Å²) < 4.78 is 88.7. The number of alkyl halides is 6. The van der Waals surface area contributed by atoms with Crippen LogP contribution in [0.1, 0.15) is 42.0 Å². The highest BCUT2D eigenvalue weighted by atomic mass is 19.4. The number of hydrogen-bond acceptors (Lipinski definition) is 4. The van der Waals surface area contributed by atoms with Gasteiger partial charge < -0.3 is 4.74 Å². The third-order valence-corrected chi connectivity index (χ3v) is 6.32. The van der Waals surface area contributed by atoms with Gasteiger partial charge in [0, 0.05) is 10.6 Å². The van der Waals surface area contributed by atoms with Gasteiger partial charge in [0.2, 0.25) is 6.04 Å². The normalized spacial score (nSPS) is 14.3.